The van der Waals surface area contributed by atoms with Crippen molar-refractivity contribution in [3.8, 4) is 5.75 Å². The van der Waals surface area contributed by atoms with Gasteiger partial charge in [-0.2, -0.15) is 0 Å². The van der Waals surface area contributed by atoms with Crippen molar-refractivity contribution >= 4 is 62.1 Å². The molecule has 18 nitrogen and oxygen atoms in total. The summed E-state index contributed by atoms with van der Waals surface area (Å²) in [6.45, 7) is 9.05. The summed E-state index contributed by atoms with van der Waals surface area (Å²) in [6, 6.07) is 9.05. The van der Waals surface area contributed by atoms with E-state index in [1.54, 1.807) is 31.1 Å². The summed E-state index contributed by atoms with van der Waals surface area (Å²) in [5.74, 6) is -1.59. The number of aliphatic hydroxyl groups excluding tert-OH is 1. The van der Waals surface area contributed by atoms with Crippen LogP contribution in [-0.2, 0) is 41.2 Å². The molecule has 2 aromatic carbocycles. The summed E-state index contributed by atoms with van der Waals surface area (Å²) in [5, 5.41) is 50.9. The van der Waals surface area contributed by atoms with Crippen molar-refractivity contribution in [2.75, 3.05) is 64.4 Å². The highest BCUT2D eigenvalue weighted by molar-refractivity contribution is 8.76. The largest absolute Gasteiger partial charge is 0.496 e. The van der Waals surface area contributed by atoms with Gasteiger partial charge in [0.25, 0.3) is 5.91 Å². The molecule has 4 heterocycles. The zero-order valence-corrected chi connectivity index (χ0v) is 43.5. The lowest BCUT2D eigenvalue weighted by atomic mass is 9.47. The highest BCUT2D eigenvalue weighted by atomic mass is 33.1. The number of para-hydroxylation sites is 1. The van der Waals surface area contributed by atoms with Crippen LogP contribution in [-0.4, -0.2) is 149 Å². The lowest BCUT2D eigenvalue weighted by molar-refractivity contribution is -0.204. The van der Waals surface area contributed by atoms with Crippen LogP contribution in [0.25, 0.3) is 10.9 Å². The van der Waals surface area contributed by atoms with Gasteiger partial charge in [-0.1, -0.05) is 91.8 Å². The molecule has 2 amide bonds. The molecule has 2 fully saturated rings. The van der Waals surface area contributed by atoms with E-state index in [0.29, 0.717) is 72.6 Å². The molecule has 1 spiro atoms. The van der Waals surface area contributed by atoms with E-state index in [1.807, 2.05) is 62.4 Å². The number of fused-ring (bicyclic) bond motifs is 2. The van der Waals surface area contributed by atoms with Crippen molar-refractivity contribution in [2.24, 2.45) is 17.1 Å². The average molecular weight is 1020 g/mol. The second kappa shape index (κ2) is 21.3. The van der Waals surface area contributed by atoms with Crippen LogP contribution < -0.4 is 31.5 Å². The summed E-state index contributed by atoms with van der Waals surface area (Å²) in [4.78, 5) is 62.1. The number of carbonyl (C=O) groups excluding carboxylic acids is 3. The van der Waals surface area contributed by atoms with Crippen LogP contribution in [0.15, 0.2) is 60.7 Å². The Morgan fingerprint density at radius 2 is 1.85 bits per heavy atom. The fourth-order valence-corrected chi connectivity index (χ4v) is 14.6. The number of amides is 2. The van der Waals surface area contributed by atoms with E-state index in [4.69, 9.17) is 19.9 Å². The Balaban J connectivity index is 1.36. The molecule has 1 saturated heterocycles. The number of aliphatic hydroxyl groups is 3. The van der Waals surface area contributed by atoms with E-state index in [2.05, 4.69) is 39.9 Å². The lowest BCUT2D eigenvalue weighted by Crippen LogP contribution is -2.82. The van der Waals surface area contributed by atoms with Gasteiger partial charge in [-0.15, -0.1) is 0 Å². The fraction of sp³-hybridized carbons (Fsp3) is 0.569. The number of nitrogens with zero attached hydrogens (tertiary/aromatic N) is 2. The fourth-order valence-electron chi connectivity index (χ4n) is 12.5. The molecule has 7 rings (SSSR count). The number of carbonyl (C=O) groups is 4. The number of benzene rings is 2. The van der Waals surface area contributed by atoms with Crippen LogP contribution in [0.2, 0.25) is 0 Å². The van der Waals surface area contributed by atoms with Gasteiger partial charge in [0, 0.05) is 82.4 Å². The molecular weight excluding hydrogens is 951 g/mol. The number of methoxy groups -OCH3 is 2. The molecule has 9 atom stereocenters. The molecule has 2 unspecified atom stereocenters. The van der Waals surface area contributed by atoms with Gasteiger partial charge in [-0.25, -0.2) is 10.2 Å². The van der Waals surface area contributed by atoms with Crippen molar-refractivity contribution in [2.45, 2.75) is 113 Å². The highest BCUT2D eigenvalue weighted by Gasteiger charge is 2.78. The number of nitrogens with one attached hydrogen (secondary N) is 4. The minimum atomic E-state index is -2.58. The van der Waals surface area contributed by atoms with E-state index in [1.165, 1.54) is 35.8 Å². The van der Waals surface area contributed by atoms with E-state index in [0.717, 1.165) is 10.9 Å². The maximum atomic E-state index is 15.2. The minimum Gasteiger partial charge on any atom is -0.496 e. The summed E-state index contributed by atoms with van der Waals surface area (Å²) in [7, 11) is 8.77. The number of hydrogen-bond acceptors (Lipinski definition) is 16. The Morgan fingerprint density at radius 1 is 1.10 bits per heavy atom. The minimum absolute atomic E-state index is 0.0498. The molecule has 3 aliphatic heterocycles. The Hall–Kier alpha value is -4.80. The molecule has 10 N–H and O–H groups in total. The number of aromatic amines is 1. The molecule has 0 bridgehead atoms. The summed E-state index contributed by atoms with van der Waals surface area (Å²) < 4.78 is 17.4. The number of carboxylic acids is 1. The first kappa shape index (κ1) is 54.0. The monoisotopic (exact) mass is 1020 g/mol. The van der Waals surface area contributed by atoms with E-state index < -0.39 is 75.6 Å². The van der Waals surface area contributed by atoms with Gasteiger partial charge >= 0.3 is 18.0 Å². The SMILES string of the molecule is CC[C@@](O)(CC=CC(C(=O)OC)(c1cc2c(cc1OC)N(C)[C@H]1[C@@](O)(C(=O)NNC(=O)OCCSSC[C@@H](NC)C(=O)O)[C@H](O)[C@]3(CC)C=CCN4CC[C@]21C43)c1[nH]c2ccccc2c1CN)CC(C)C. The predicted octanol–water partition coefficient (Wildman–Crippen LogP) is 4.24. The second-order valence-electron chi connectivity index (χ2n) is 19.7. The zero-order valence-electron chi connectivity index (χ0n) is 41.9. The molecule has 0 radical (unpaired) electrons. The lowest BCUT2D eigenvalue weighted by Gasteiger charge is -2.63. The Kier molecular flexibility index (Phi) is 16.2. The highest BCUT2D eigenvalue weighted by Crippen LogP contribution is 2.67. The standard InChI is InChI=1S/C51H71N7O11S2/c1-9-47(65,27-30(3)4)17-13-19-49(45(63)68-8,39-32(28-52)31-15-11-12-16-35(31)54-39)34-25-33-37(26-38(34)67-7)57(6)42-50(33)20-22-58-21-14-18-48(10-2,41(50)58)43(61)51(42,66)44(62)55-56-46(64)69-23-24-70-71-29-36(53-5)40(59)60/h11-16,18-19,25-26,30,36,41-43,53-54,61,65-66H,9-10,17,20-24,27-29,52H2,1-8H3,(H,55,62)(H,56,64)(H,59,60)/t36-,41?,42-,43-,47-,48-,49?,50-,51+/m1/s1. The van der Waals surface area contributed by atoms with Crippen LogP contribution in [0.5, 0.6) is 5.75 Å². The molecule has 71 heavy (non-hydrogen) atoms. The topological polar surface area (TPSA) is 261 Å². The number of nitrogens with two attached hydrogens (primary N) is 1. The Bertz CT molecular complexity index is 2540. The molecule has 1 aliphatic carbocycles. The van der Waals surface area contributed by atoms with E-state index in [-0.39, 0.29) is 37.0 Å². The first-order chi connectivity index (χ1) is 33.8. The maximum absolute atomic E-state index is 15.2. The third-order valence-electron chi connectivity index (χ3n) is 15.6. The molecule has 3 aromatic rings. The van der Waals surface area contributed by atoms with Crippen molar-refractivity contribution < 1.29 is 53.8 Å². The van der Waals surface area contributed by atoms with Gasteiger partial charge in [0.05, 0.1) is 25.9 Å². The van der Waals surface area contributed by atoms with Crippen molar-refractivity contribution in [1.82, 2.24) is 26.1 Å². The molecule has 1 saturated carbocycles. The number of H-pyrrole nitrogens is 1. The first-order valence-electron chi connectivity index (χ1n) is 24.3. The molecule has 4 aliphatic rings. The number of hydrogen-bond donors (Lipinski definition) is 9. The third-order valence-corrected chi connectivity index (χ3v) is 18.0. The van der Waals surface area contributed by atoms with Crippen molar-refractivity contribution in [3.05, 3.63) is 83.1 Å². The molecule has 20 heteroatoms. The van der Waals surface area contributed by atoms with Gasteiger partial charge in [0.15, 0.2) is 11.0 Å². The number of esters is 1. The van der Waals surface area contributed by atoms with Crippen LogP contribution in [0.3, 0.4) is 0 Å². The number of rotatable bonds is 21. The number of anilines is 1. The quantitative estimate of drug-likeness (QED) is 0.0238. The van der Waals surface area contributed by atoms with Crippen molar-refractivity contribution in [1.29, 1.82) is 0 Å². The van der Waals surface area contributed by atoms with E-state index in [9.17, 15) is 34.8 Å². The Labute approximate surface area is 423 Å². The number of likely N-dealkylation sites (N-methyl/N-ethyl adjacent to an activating group) is 2. The number of carboxylic acid groups (broad SMARTS) is 1. The smallest absolute Gasteiger partial charge is 0.426 e. The molecular formula is C51H71N7O11S2. The number of aliphatic carboxylic acids is 1. The third kappa shape index (κ3) is 8.99. The van der Waals surface area contributed by atoms with Gasteiger partial charge < -0.3 is 55.6 Å². The van der Waals surface area contributed by atoms with Crippen LogP contribution >= 0.6 is 21.6 Å². The summed E-state index contributed by atoms with van der Waals surface area (Å²) >= 11 is 0. The molecule has 388 valence electrons. The number of aromatic nitrogens is 1. The first-order valence-corrected chi connectivity index (χ1v) is 26.8. The number of hydrazine groups is 1. The number of ether oxygens (including phenoxy) is 3. The average Bonchev–Trinajstić information content (AvgIpc) is 4.02. The van der Waals surface area contributed by atoms with Gasteiger partial charge in [-0.05, 0) is 74.9 Å². The predicted molar refractivity (Wildman–Crippen MR) is 275 cm³/mol. The van der Waals surface area contributed by atoms with Gasteiger partial charge in [-0.3, -0.25) is 24.7 Å². The van der Waals surface area contributed by atoms with Gasteiger partial charge in [0.2, 0.25) is 0 Å². The van der Waals surface area contributed by atoms with Crippen LogP contribution in [0, 0.1) is 11.3 Å². The zero-order chi connectivity index (χ0) is 51.7. The van der Waals surface area contributed by atoms with Crippen molar-refractivity contribution in [3.63, 3.8) is 0 Å². The normalized spacial score (nSPS) is 26.6. The van der Waals surface area contributed by atoms with E-state index >= 15 is 4.79 Å². The Morgan fingerprint density at radius 3 is 2.49 bits per heavy atom. The van der Waals surface area contributed by atoms with Crippen LogP contribution in [0.4, 0.5) is 10.5 Å². The van der Waals surface area contributed by atoms with Gasteiger partial charge in [0.1, 0.15) is 24.5 Å². The van der Waals surface area contributed by atoms with Crippen LogP contribution in [0.1, 0.15) is 82.2 Å². The summed E-state index contributed by atoms with van der Waals surface area (Å²) in [5.41, 5.74) is 7.13. The second-order valence-corrected chi connectivity index (χ2v) is 22.3. The summed E-state index contributed by atoms with van der Waals surface area (Å²) in [6.07, 6.45) is 6.77. The maximum Gasteiger partial charge on any atom is 0.426 e. The molecule has 1 aromatic heterocycles.